The van der Waals surface area contributed by atoms with E-state index in [1.54, 1.807) is 11.3 Å². The predicted octanol–water partition coefficient (Wildman–Crippen LogP) is 2.76. The number of nitrogens with two attached hydrogens (primary N) is 1. The van der Waals surface area contributed by atoms with Crippen LogP contribution in [-0.2, 0) is 0 Å². The number of fused-ring (bicyclic) bond motifs is 1. The molecule has 0 saturated carbocycles. The Morgan fingerprint density at radius 3 is 3.17 bits per heavy atom. The van der Waals surface area contributed by atoms with Crippen molar-refractivity contribution in [2.75, 3.05) is 13.1 Å². The van der Waals surface area contributed by atoms with Gasteiger partial charge in [0.05, 0.1) is 12.6 Å². The zero-order chi connectivity index (χ0) is 12.5. The van der Waals surface area contributed by atoms with Crippen LogP contribution in [0.4, 0.5) is 0 Å². The van der Waals surface area contributed by atoms with Gasteiger partial charge in [0.15, 0.2) is 5.96 Å². The molecule has 0 amide bonds. The van der Waals surface area contributed by atoms with Crippen LogP contribution in [0.2, 0.25) is 0 Å². The van der Waals surface area contributed by atoms with Crippen molar-refractivity contribution in [2.24, 2.45) is 10.7 Å². The Morgan fingerprint density at radius 2 is 2.33 bits per heavy atom. The number of nitrogens with zero attached hydrogens (tertiary/aromatic N) is 2. The first-order valence-corrected chi connectivity index (χ1v) is 6.83. The summed E-state index contributed by atoms with van der Waals surface area (Å²) in [4.78, 5) is 6.47. The molecular formula is C14H15N3S. The summed E-state index contributed by atoms with van der Waals surface area (Å²) >= 11 is 1.78. The van der Waals surface area contributed by atoms with Gasteiger partial charge in [-0.1, -0.05) is 24.3 Å². The van der Waals surface area contributed by atoms with Crippen LogP contribution < -0.4 is 5.73 Å². The molecule has 3 rings (SSSR count). The van der Waals surface area contributed by atoms with Gasteiger partial charge in [0.25, 0.3) is 0 Å². The van der Waals surface area contributed by atoms with E-state index in [0.717, 1.165) is 13.1 Å². The molecule has 4 heteroatoms. The van der Waals surface area contributed by atoms with Crippen LogP contribution in [0.1, 0.15) is 11.6 Å². The van der Waals surface area contributed by atoms with Gasteiger partial charge in [-0.25, -0.2) is 0 Å². The van der Waals surface area contributed by atoms with Gasteiger partial charge in [0.2, 0.25) is 0 Å². The lowest BCUT2D eigenvalue weighted by Crippen LogP contribution is -2.36. The highest BCUT2D eigenvalue weighted by atomic mass is 32.1. The Morgan fingerprint density at radius 1 is 1.50 bits per heavy atom. The molecule has 1 aliphatic rings. The standard InChI is InChI=1S/C14H15N3S/c1-2-7-17-12(8-16-14(17)15)11-9-18-13-6-4-3-5-10(11)13/h2-6,9,12H,1,7-8H2,(H2,15,16). The highest BCUT2D eigenvalue weighted by Gasteiger charge is 2.28. The van der Waals surface area contributed by atoms with E-state index in [-0.39, 0.29) is 6.04 Å². The van der Waals surface area contributed by atoms with Crippen molar-refractivity contribution in [1.82, 2.24) is 4.90 Å². The van der Waals surface area contributed by atoms with Gasteiger partial charge in [-0.3, -0.25) is 4.99 Å². The summed E-state index contributed by atoms with van der Waals surface area (Å²) in [6.45, 7) is 5.26. The van der Waals surface area contributed by atoms with Crippen molar-refractivity contribution in [3.8, 4) is 0 Å². The van der Waals surface area contributed by atoms with Crippen LogP contribution >= 0.6 is 11.3 Å². The average molecular weight is 257 g/mol. The van der Waals surface area contributed by atoms with Gasteiger partial charge in [-0.05, 0) is 22.4 Å². The molecule has 1 aromatic heterocycles. The fourth-order valence-electron chi connectivity index (χ4n) is 2.41. The first kappa shape index (κ1) is 11.3. The predicted molar refractivity (Wildman–Crippen MR) is 78.0 cm³/mol. The lowest BCUT2D eigenvalue weighted by atomic mass is 10.1. The maximum absolute atomic E-state index is 5.94. The number of aliphatic imine (C=N–C) groups is 1. The molecule has 0 spiro atoms. The number of hydrogen-bond acceptors (Lipinski definition) is 4. The third-order valence-electron chi connectivity index (χ3n) is 3.29. The van der Waals surface area contributed by atoms with E-state index in [1.807, 2.05) is 6.08 Å². The van der Waals surface area contributed by atoms with Crippen molar-refractivity contribution >= 4 is 27.4 Å². The smallest absolute Gasteiger partial charge is 0.192 e. The summed E-state index contributed by atoms with van der Waals surface area (Å²) < 4.78 is 1.32. The molecule has 3 nitrogen and oxygen atoms in total. The fraction of sp³-hybridized carbons (Fsp3) is 0.214. The van der Waals surface area contributed by atoms with Gasteiger partial charge in [0.1, 0.15) is 0 Å². The van der Waals surface area contributed by atoms with E-state index in [0.29, 0.717) is 5.96 Å². The lowest BCUT2D eigenvalue weighted by Gasteiger charge is -2.24. The molecule has 1 unspecified atom stereocenters. The zero-order valence-electron chi connectivity index (χ0n) is 10.0. The molecule has 1 atom stereocenters. The van der Waals surface area contributed by atoms with Crippen LogP contribution in [0.5, 0.6) is 0 Å². The Bertz CT molecular complexity index is 614. The van der Waals surface area contributed by atoms with Crippen LogP contribution in [0.3, 0.4) is 0 Å². The highest BCUT2D eigenvalue weighted by Crippen LogP contribution is 2.35. The van der Waals surface area contributed by atoms with Gasteiger partial charge >= 0.3 is 0 Å². The van der Waals surface area contributed by atoms with Gasteiger partial charge < -0.3 is 10.6 Å². The van der Waals surface area contributed by atoms with Crippen LogP contribution in [0, 0.1) is 0 Å². The minimum atomic E-state index is 0.249. The van der Waals surface area contributed by atoms with E-state index in [4.69, 9.17) is 5.73 Å². The minimum Gasteiger partial charge on any atom is -0.370 e. The maximum Gasteiger partial charge on any atom is 0.192 e. The second-order valence-electron chi connectivity index (χ2n) is 4.34. The molecule has 1 aromatic carbocycles. The van der Waals surface area contributed by atoms with E-state index in [2.05, 4.69) is 46.1 Å². The Labute approximate surface area is 110 Å². The SMILES string of the molecule is C=CCN1C(N)=NCC1c1csc2ccccc12. The molecule has 0 fully saturated rings. The van der Waals surface area contributed by atoms with E-state index in [1.165, 1.54) is 15.6 Å². The minimum absolute atomic E-state index is 0.249. The molecule has 0 saturated heterocycles. The van der Waals surface area contributed by atoms with Crippen molar-refractivity contribution < 1.29 is 0 Å². The molecular weight excluding hydrogens is 242 g/mol. The quantitative estimate of drug-likeness (QED) is 0.859. The van der Waals surface area contributed by atoms with Gasteiger partial charge in [0, 0.05) is 11.2 Å². The van der Waals surface area contributed by atoms with Crippen molar-refractivity contribution in [2.45, 2.75) is 6.04 Å². The normalized spacial score (nSPS) is 19.2. The van der Waals surface area contributed by atoms with Crippen molar-refractivity contribution in [3.63, 3.8) is 0 Å². The highest BCUT2D eigenvalue weighted by molar-refractivity contribution is 7.17. The molecule has 0 aliphatic carbocycles. The van der Waals surface area contributed by atoms with E-state index in [9.17, 15) is 0 Å². The monoisotopic (exact) mass is 257 g/mol. The first-order valence-electron chi connectivity index (χ1n) is 5.95. The number of guanidine groups is 1. The van der Waals surface area contributed by atoms with Gasteiger partial charge in [-0.15, -0.1) is 17.9 Å². The summed E-state index contributed by atoms with van der Waals surface area (Å²) in [5, 5.41) is 3.53. The average Bonchev–Trinajstić information content (AvgIpc) is 2.95. The van der Waals surface area contributed by atoms with E-state index < -0.39 is 0 Å². The topological polar surface area (TPSA) is 41.6 Å². The third kappa shape index (κ3) is 1.69. The van der Waals surface area contributed by atoms with Crippen LogP contribution in [0.25, 0.3) is 10.1 Å². The molecule has 2 N–H and O–H groups in total. The zero-order valence-corrected chi connectivity index (χ0v) is 10.9. The summed E-state index contributed by atoms with van der Waals surface area (Å²) in [7, 11) is 0. The Kier molecular flexibility index (Phi) is 2.80. The lowest BCUT2D eigenvalue weighted by molar-refractivity contribution is 0.383. The molecule has 0 bridgehead atoms. The Hall–Kier alpha value is -1.81. The van der Waals surface area contributed by atoms with Crippen LogP contribution in [-0.4, -0.2) is 23.9 Å². The second-order valence-corrected chi connectivity index (χ2v) is 5.25. The van der Waals surface area contributed by atoms with Crippen molar-refractivity contribution in [1.29, 1.82) is 0 Å². The largest absolute Gasteiger partial charge is 0.370 e. The molecule has 0 radical (unpaired) electrons. The third-order valence-corrected chi connectivity index (χ3v) is 4.27. The Balaban J connectivity index is 2.02. The first-order chi connectivity index (χ1) is 8.81. The molecule has 2 aromatic rings. The summed E-state index contributed by atoms with van der Waals surface area (Å²) in [5.41, 5.74) is 7.26. The maximum atomic E-state index is 5.94. The van der Waals surface area contributed by atoms with Crippen LogP contribution in [0.15, 0.2) is 47.3 Å². The number of hydrogen-bond donors (Lipinski definition) is 1. The summed E-state index contributed by atoms with van der Waals surface area (Å²) in [6.07, 6.45) is 1.87. The number of thiophene rings is 1. The number of benzene rings is 1. The fourth-order valence-corrected chi connectivity index (χ4v) is 3.42. The van der Waals surface area contributed by atoms with Gasteiger partial charge in [-0.2, -0.15) is 0 Å². The molecule has 1 aliphatic heterocycles. The van der Waals surface area contributed by atoms with E-state index >= 15 is 0 Å². The summed E-state index contributed by atoms with van der Waals surface area (Å²) in [5.74, 6) is 0.621. The molecule has 2 heterocycles. The molecule has 18 heavy (non-hydrogen) atoms. The number of rotatable bonds is 3. The summed E-state index contributed by atoms with van der Waals surface area (Å²) in [6, 6.07) is 8.72. The molecule has 92 valence electrons. The second kappa shape index (κ2) is 4.46. The van der Waals surface area contributed by atoms with Crippen molar-refractivity contribution in [3.05, 3.63) is 47.9 Å².